The van der Waals surface area contributed by atoms with E-state index in [-0.39, 0.29) is 11.3 Å². The van der Waals surface area contributed by atoms with Gasteiger partial charge in [0, 0.05) is 12.6 Å². The van der Waals surface area contributed by atoms with Crippen molar-refractivity contribution in [2.24, 2.45) is 10.8 Å². The topological polar surface area (TPSA) is 33.2 Å². The Bertz CT molecular complexity index is 717. The monoisotopic (exact) mass is 314 g/mol. The van der Waals surface area contributed by atoms with E-state index in [9.17, 15) is 4.79 Å². The number of fused-ring (bicyclic) bond motifs is 3. The number of carbonyl (C=O) groups excluding carboxylic acids is 1. The zero-order valence-corrected chi connectivity index (χ0v) is 14.2. The molecule has 0 N–H and O–H groups in total. The van der Waals surface area contributed by atoms with Crippen LogP contribution in [-0.2, 0) is 0 Å². The highest BCUT2D eigenvalue weighted by Gasteiger charge is 2.51. The van der Waals surface area contributed by atoms with Gasteiger partial charge in [-0.25, -0.2) is 4.98 Å². The van der Waals surface area contributed by atoms with Gasteiger partial charge in [-0.05, 0) is 42.2 Å². The van der Waals surface area contributed by atoms with Crippen LogP contribution in [0.4, 0.5) is 0 Å². The Balaban J connectivity index is 1.66. The molecule has 1 saturated carbocycles. The number of rotatable bonds is 1. The molecule has 22 heavy (non-hydrogen) atoms. The molecule has 1 aromatic heterocycles. The van der Waals surface area contributed by atoms with Crippen molar-refractivity contribution in [1.82, 2.24) is 9.88 Å². The first-order chi connectivity index (χ1) is 10.4. The second-order valence-corrected chi connectivity index (χ2v) is 9.16. The molecule has 2 atom stereocenters. The van der Waals surface area contributed by atoms with E-state index in [0.29, 0.717) is 16.5 Å². The van der Waals surface area contributed by atoms with E-state index in [1.807, 2.05) is 24.3 Å². The summed E-state index contributed by atoms with van der Waals surface area (Å²) in [7, 11) is 0. The van der Waals surface area contributed by atoms with E-state index in [0.717, 1.165) is 29.6 Å². The molecule has 2 unspecified atom stereocenters. The quantitative estimate of drug-likeness (QED) is 0.784. The molecular weight excluding hydrogens is 292 g/mol. The summed E-state index contributed by atoms with van der Waals surface area (Å²) in [4.78, 5) is 19.6. The van der Waals surface area contributed by atoms with Crippen molar-refractivity contribution in [3.63, 3.8) is 0 Å². The number of likely N-dealkylation sites (tertiary alicyclic amines) is 1. The Morgan fingerprint density at radius 1 is 1.27 bits per heavy atom. The molecule has 4 rings (SSSR count). The number of amides is 1. The van der Waals surface area contributed by atoms with Crippen LogP contribution in [0.3, 0.4) is 0 Å². The Morgan fingerprint density at radius 2 is 2.05 bits per heavy atom. The molecule has 2 fully saturated rings. The van der Waals surface area contributed by atoms with Crippen molar-refractivity contribution in [3.8, 4) is 0 Å². The SMILES string of the molecule is CC1(C)CC2CC(C)(CN2C(=O)c2nc3ccccc3s2)C1. The minimum atomic E-state index is 0.132. The molecule has 1 aliphatic carbocycles. The van der Waals surface area contributed by atoms with Crippen LogP contribution in [0.2, 0.25) is 0 Å². The van der Waals surface area contributed by atoms with Crippen molar-refractivity contribution in [2.75, 3.05) is 6.54 Å². The Kier molecular flexibility index (Phi) is 2.93. The van der Waals surface area contributed by atoms with E-state index in [2.05, 4.69) is 30.7 Å². The third-order valence-electron chi connectivity index (χ3n) is 5.15. The van der Waals surface area contributed by atoms with E-state index >= 15 is 0 Å². The summed E-state index contributed by atoms with van der Waals surface area (Å²) in [5.74, 6) is 0.132. The summed E-state index contributed by atoms with van der Waals surface area (Å²) in [5, 5.41) is 0.648. The Hall–Kier alpha value is -1.42. The standard InChI is InChI=1S/C18H22N2OS/c1-17(2)8-12-9-18(3,10-17)11-20(12)16(21)15-19-13-6-4-5-7-14(13)22-15/h4-7,12H,8-11H2,1-3H3. The predicted octanol–water partition coefficient (Wildman–Crippen LogP) is 4.34. The van der Waals surface area contributed by atoms with Gasteiger partial charge in [0.1, 0.15) is 0 Å². The lowest BCUT2D eigenvalue weighted by Crippen LogP contribution is -2.37. The summed E-state index contributed by atoms with van der Waals surface area (Å²) in [6, 6.07) is 8.38. The zero-order chi connectivity index (χ0) is 15.5. The second-order valence-electron chi connectivity index (χ2n) is 8.13. The first-order valence-electron chi connectivity index (χ1n) is 8.02. The second kappa shape index (κ2) is 4.54. The molecule has 1 saturated heterocycles. The Labute approximate surface area is 135 Å². The van der Waals surface area contributed by atoms with Crippen molar-refractivity contribution >= 4 is 27.5 Å². The van der Waals surface area contributed by atoms with E-state index in [4.69, 9.17) is 0 Å². The number of para-hydroxylation sites is 1. The first kappa shape index (κ1) is 14.2. The van der Waals surface area contributed by atoms with Gasteiger partial charge in [-0.3, -0.25) is 4.79 Å². The average molecular weight is 314 g/mol. The summed E-state index contributed by atoms with van der Waals surface area (Å²) in [6.07, 6.45) is 3.46. The maximum absolute atomic E-state index is 13.0. The fraction of sp³-hybridized carbons (Fsp3) is 0.556. The minimum absolute atomic E-state index is 0.132. The van der Waals surface area contributed by atoms with Crippen LogP contribution in [0.1, 0.15) is 49.8 Å². The number of nitrogens with zero attached hydrogens (tertiary/aromatic N) is 2. The van der Waals surface area contributed by atoms with E-state index in [1.54, 1.807) is 0 Å². The summed E-state index contributed by atoms with van der Waals surface area (Å²) in [6.45, 7) is 7.90. The maximum atomic E-state index is 13.0. The van der Waals surface area contributed by atoms with Gasteiger partial charge < -0.3 is 4.90 Å². The highest BCUT2D eigenvalue weighted by molar-refractivity contribution is 7.20. The molecule has 116 valence electrons. The van der Waals surface area contributed by atoms with Crippen LogP contribution in [0, 0.1) is 10.8 Å². The van der Waals surface area contributed by atoms with Gasteiger partial charge in [-0.2, -0.15) is 0 Å². The van der Waals surface area contributed by atoms with Crippen molar-refractivity contribution in [2.45, 2.75) is 46.1 Å². The molecule has 2 aromatic rings. The third-order valence-corrected chi connectivity index (χ3v) is 6.18. The summed E-state index contributed by atoms with van der Waals surface area (Å²) >= 11 is 1.52. The van der Waals surface area contributed by atoms with E-state index in [1.165, 1.54) is 17.8 Å². The van der Waals surface area contributed by atoms with Gasteiger partial charge in [-0.15, -0.1) is 11.3 Å². The van der Waals surface area contributed by atoms with Crippen LogP contribution >= 0.6 is 11.3 Å². The number of aromatic nitrogens is 1. The highest BCUT2D eigenvalue weighted by Crippen LogP contribution is 2.52. The molecule has 3 nitrogen and oxygen atoms in total. The first-order valence-corrected chi connectivity index (χ1v) is 8.84. The van der Waals surface area contributed by atoms with Crippen molar-refractivity contribution in [3.05, 3.63) is 29.3 Å². The summed E-state index contributed by atoms with van der Waals surface area (Å²) in [5.41, 5.74) is 1.54. The molecular formula is C18H22N2OS. The maximum Gasteiger partial charge on any atom is 0.283 e. The van der Waals surface area contributed by atoms with Gasteiger partial charge in [0.2, 0.25) is 0 Å². The number of benzene rings is 1. The molecule has 2 bridgehead atoms. The minimum Gasteiger partial charge on any atom is -0.333 e. The Morgan fingerprint density at radius 3 is 2.82 bits per heavy atom. The lowest BCUT2D eigenvalue weighted by atomic mass is 9.65. The normalized spacial score (nSPS) is 30.0. The van der Waals surface area contributed by atoms with Crippen molar-refractivity contribution < 1.29 is 4.79 Å². The molecule has 1 amide bonds. The van der Waals surface area contributed by atoms with Crippen LogP contribution in [-0.4, -0.2) is 28.4 Å². The van der Waals surface area contributed by atoms with Gasteiger partial charge in [0.15, 0.2) is 5.01 Å². The molecule has 0 spiro atoms. The largest absolute Gasteiger partial charge is 0.333 e. The fourth-order valence-electron chi connectivity index (χ4n) is 4.78. The number of hydrogen-bond donors (Lipinski definition) is 0. The van der Waals surface area contributed by atoms with Gasteiger partial charge in [-0.1, -0.05) is 32.9 Å². The van der Waals surface area contributed by atoms with Crippen LogP contribution in [0.15, 0.2) is 24.3 Å². The molecule has 4 heteroatoms. The number of hydrogen-bond acceptors (Lipinski definition) is 3. The highest BCUT2D eigenvalue weighted by atomic mass is 32.1. The molecule has 2 heterocycles. The van der Waals surface area contributed by atoms with E-state index < -0.39 is 0 Å². The number of carbonyl (C=O) groups is 1. The van der Waals surface area contributed by atoms with Crippen LogP contribution in [0.25, 0.3) is 10.2 Å². The fourth-order valence-corrected chi connectivity index (χ4v) is 5.71. The van der Waals surface area contributed by atoms with Gasteiger partial charge in [0.05, 0.1) is 10.2 Å². The van der Waals surface area contributed by atoms with Gasteiger partial charge >= 0.3 is 0 Å². The molecule has 1 aromatic carbocycles. The number of thiazole rings is 1. The lowest BCUT2D eigenvalue weighted by molar-refractivity contribution is 0.0708. The molecule has 1 aliphatic heterocycles. The van der Waals surface area contributed by atoms with Crippen molar-refractivity contribution in [1.29, 1.82) is 0 Å². The predicted molar refractivity (Wildman–Crippen MR) is 90.2 cm³/mol. The zero-order valence-electron chi connectivity index (χ0n) is 13.4. The smallest absolute Gasteiger partial charge is 0.283 e. The lowest BCUT2D eigenvalue weighted by Gasteiger charge is -2.39. The van der Waals surface area contributed by atoms with Crippen LogP contribution < -0.4 is 0 Å². The van der Waals surface area contributed by atoms with Crippen LogP contribution in [0.5, 0.6) is 0 Å². The summed E-state index contributed by atoms with van der Waals surface area (Å²) < 4.78 is 1.10. The third kappa shape index (κ3) is 2.24. The molecule has 0 radical (unpaired) electrons. The average Bonchev–Trinajstić information content (AvgIpc) is 2.95. The molecule has 2 aliphatic rings. The van der Waals surface area contributed by atoms with Gasteiger partial charge in [0.25, 0.3) is 5.91 Å².